The largest absolute Gasteiger partial charge is 0.508 e. The Morgan fingerprint density at radius 2 is 2.17 bits per heavy atom. The Kier molecular flexibility index (Phi) is 2.78. The van der Waals surface area contributed by atoms with E-state index in [-0.39, 0.29) is 0 Å². The maximum atomic E-state index is 9.81. The van der Waals surface area contributed by atoms with Crippen molar-refractivity contribution in [3.8, 4) is 5.75 Å². The van der Waals surface area contributed by atoms with Gasteiger partial charge in [0, 0.05) is 24.9 Å². The van der Waals surface area contributed by atoms with Crippen LogP contribution in [0, 0.1) is 5.92 Å². The molecule has 4 heteroatoms. The highest BCUT2D eigenvalue weighted by molar-refractivity contribution is 5.34. The molecule has 1 aromatic carbocycles. The van der Waals surface area contributed by atoms with Gasteiger partial charge in [-0.2, -0.15) is 0 Å². The minimum Gasteiger partial charge on any atom is -0.508 e. The van der Waals surface area contributed by atoms with Gasteiger partial charge < -0.3 is 9.67 Å². The van der Waals surface area contributed by atoms with Gasteiger partial charge in [0.25, 0.3) is 0 Å². The molecule has 0 fully saturated rings. The van der Waals surface area contributed by atoms with Gasteiger partial charge in [0.2, 0.25) is 0 Å². The van der Waals surface area contributed by atoms with Crippen molar-refractivity contribution in [3.05, 3.63) is 41.5 Å². The molecule has 1 atom stereocenters. The number of rotatable bonds is 2. The monoisotopic (exact) mass is 243 g/mol. The number of phenolic OH excluding ortho intramolecular Hbond substituents is 1. The number of nitrogens with zero attached hydrogens (tertiary/aromatic N) is 3. The fraction of sp³-hybridized carbons (Fsp3) is 0.429. The van der Waals surface area contributed by atoms with Crippen molar-refractivity contribution >= 4 is 0 Å². The Hall–Kier alpha value is -1.84. The fourth-order valence-corrected chi connectivity index (χ4v) is 2.51. The molecule has 1 aliphatic heterocycles. The second-order valence-electron chi connectivity index (χ2n) is 5.09. The molecule has 1 aromatic heterocycles. The van der Waals surface area contributed by atoms with Crippen molar-refractivity contribution in [1.29, 1.82) is 0 Å². The van der Waals surface area contributed by atoms with Crippen LogP contribution >= 0.6 is 0 Å². The summed E-state index contributed by atoms with van der Waals surface area (Å²) < 4.78 is 2.21. The molecular weight excluding hydrogens is 226 g/mol. The van der Waals surface area contributed by atoms with Gasteiger partial charge in [-0.25, -0.2) is 0 Å². The molecule has 94 valence electrons. The van der Waals surface area contributed by atoms with E-state index in [1.165, 1.54) is 6.42 Å². The lowest BCUT2D eigenvalue weighted by Crippen LogP contribution is -2.20. The number of aryl methyl sites for hydroxylation is 1. The van der Waals surface area contributed by atoms with Crippen molar-refractivity contribution in [1.82, 2.24) is 14.8 Å². The highest BCUT2D eigenvalue weighted by Crippen LogP contribution is 2.23. The van der Waals surface area contributed by atoms with E-state index in [0.29, 0.717) is 18.1 Å². The molecule has 0 spiro atoms. The number of aromatic hydroxyl groups is 1. The summed E-state index contributed by atoms with van der Waals surface area (Å²) in [6.45, 7) is 3.25. The number of hydrogen-bond acceptors (Lipinski definition) is 3. The summed E-state index contributed by atoms with van der Waals surface area (Å²) in [5.74, 6) is 3.05. The van der Waals surface area contributed by atoms with Crippen LogP contribution in [0.15, 0.2) is 24.3 Å². The fourth-order valence-electron chi connectivity index (χ4n) is 2.51. The van der Waals surface area contributed by atoms with Gasteiger partial charge in [0.1, 0.15) is 17.4 Å². The number of phenols is 1. The van der Waals surface area contributed by atoms with Crippen LogP contribution in [0.2, 0.25) is 0 Å². The quantitative estimate of drug-likeness (QED) is 0.879. The predicted octanol–water partition coefficient (Wildman–Crippen LogP) is 2.16. The zero-order valence-electron chi connectivity index (χ0n) is 10.5. The SMILES string of the molecule is CC1CCc2nnc(Cc3ccccc3O)n2C1. The standard InChI is InChI=1S/C14H17N3O/c1-10-6-7-13-15-16-14(17(13)9-10)8-11-4-2-3-5-12(11)18/h2-5,10,18H,6-9H2,1H3. The molecule has 0 bridgehead atoms. The Morgan fingerprint density at radius 1 is 1.33 bits per heavy atom. The molecule has 2 heterocycles. The van der Waals surface area contributed by atoms with E-state index in [4.69, 9.17) is 0 Å². The third kappa shape index (κ3) is 1.98. The lowest BCUT2D eigenvalue weighted by Gasteiger charge is -2.20. The maximum Gasteiger partial charge on any atom is 0.137 e. The van der Waals surface area contributed by atoms with Crippen LogP contribution in [0.4, 0.5) is 0 Å². The van der Waals surface area contributed by atoms with Crippen LogP contribution in [0.25, 0.3) is 0 Å². The van der Waals surface area contributed by atoms with Gasteiger partial charge in [-0.05, 0) is 18.4 Å². The van der Waals surface area contributed by atoms with Crippen LogP contribution in [0.3, 0.4) is 0 Å². The van der Waals surface area contributed by atoms with E-state index in [2.05, 4.69) is 21.7 Å². The number of fused-ring (bicyclic) bond motifs is 1. The Bertz CT molecular complexity index is 562. The highest BCUT2D eigenvalue weighted by atomic mass is 16.3. The first-order valence-corrected chi connectivity index (χ1v) is 6.42. The predicted molar refractivity (Wildman–Crippen MR) is 68.4 cm³/mol. The third-order valence-electron chi connectivity index (χ3n) is 3.60. The Labute approximate surface area is 106 Å². The summed E-state index contributed by atoms with van der Waals surface area (Å²) in [6.07, 6.45) is 2.84. The first kappa shape index (κ1) is 11.3. The molecule has 0 saturated carbocycles. The molecule has 1 unspecified atom stereocenters. The van der Waals surface area contributed by atoms with Gasteiger partial charge in [-0.15, -0.1) is 10.2 Å². The summed E-state index contributed by atoms with van der Waals surface area (Å²) in [6, 6.07) is 7.42. The minimum absolute atomic E-state index is 0.332. The molecule has 0 aliphatic carbocycles. The molecule has 1 aliphatic rings. The van der Waals surface area contributed by atoms with Crippen LogP contribution < -0.4 is 0 Å². The van der Waals surface area contributed by atoms with Crippen LogP contribution in [-0.4, -0.2) is 19.9 Å². The molecule has 18 heavy (non-hydrogen) atoms. The van der Waals surface area contributed by atoms with Crippen LogP contribution in [0.1, 0.15) is 30.6 Å². The molecule has 0 radical (unpaired) electrons. The van der Waals surface area contributed by atoms with Gasteiger partial charge in [0.05, 0.1) is 0 Å². The molecule has 1 N–H and O–H groups in total. The molecular formula is C14H17N3O. The van der Waals surface area contributed by atoms with Crippen molar-refractivity contribution in [2.75, 3.05) is 0 Å². The normalized spacial score (nSPS) is 18.6. The molecule has 3 rings (SSSR count). The first-order chi connectivity index (χ1) is 8.74. The van der Waals surface area contributed by atoms with E-state index in [9.17, 15) is 5.11 Å². The second-order valence-corrected chi connectivity index (χ2v) is 5.09. The van der Waals surface area contributed by atoms with E-state index >= 15 is 0 Å². The second kappa shape index (κ2) is 4.44. The highest BCUT2D eigenvalue weighted by Gasteiger charge is 2.20. The lowest BCUT2D eigenvalue weighted by molar-refractivity contribution is 0.387. The molecule has 4 nitrogen and oxygen atoms in total. The Morgan fingerprint density at radius 3 is 3.00 bits per heavy atom. The summed E-state index contributed by atoms with van der Waals surface area (Å²) in [4.78, 5) is 0. The number of benzene rings is 1. The average molecular weight is 243 g/mol. The maximum absolute atomic E-state index is 9.81. The zero-order valence-corrected chi connectivity index (χ0v) is 10.5. The van der Waals surface area contributed by atoms with Gasteiger partial charge in [-0.3, -0.25) is 0 Å². The summed E-state index contributed by atoms with van der Waals surface area (Å²) in [5.41, 5.74) is 0.908. The van der Waals surface area contributed by atoms with Crippen LogP contribution in [-0.2, 0) is 19.4 Å². The lowest BCUT2D eigenvalue weighted by atomic mass is 10.0. The van der Waals surface area contributed by atoms with Gasteiger partial charge in [0.15, 0.2) is 0 Å². The number of hydrogen-bond donors (Lipinski definition) is 1. The Balaban J connectivity index is 1.90. The average Bonchev–Trinajstić information content (AvgIpc) is 2.75. The third-order valence-corrected chi connectivity index (χ3v) is 3.60. The first-order valence-electron chi connectivity index (χ1n) is 6.42. The van der Waals surface area contributed by atoms with Gasteiger partial charge in [-0.1, -0.05) is 25.1 Å². The summed E-state index contributed by atoms with van der Waals surface area (Å²) in [7, 11) is 0. The summed E-state index contributed by atoms with van der Waals surface area (Å²) >= 11 is 0. The number of aromatic nitrogens is 3. The topological polar surface area (TPSA) is 50.9 Å². The molecule has 0 amide bonds. The van der Waals surface area contributed by atoms with Crippen LogP contribution in [0.5, 0.6) is 5.75 Å². The minimum atomic E-state index is 0.332. The smallest absolute Gasteiger partial charge is 0.137 e. The van der Waals surface area contributed by atoms with Crippen molar-refractivity contribution in [2.45, 2.75) is 32.7 Å². The van der Waals surface area contributed by atoms with Crippen molar-refractivity contribution in [2.24, 2.45) is 5.92 Å². The molecule has 0 saturated heterocycles. The number of para-hydroxylation sites is 1. The van der Waals surface area contributed by atoms with Crippen molar-refractivity contribution in [3.63, 3.8) is 0 Å². The van der Waals surface area contributed by atoms with E-state index in [1.807, 2.05) is 18.2 Å². The van der Waals surface area contributed by atoms with E-state index < -0.39 is 0 Å². The van der Waals surface area contributed by atoms with E-state index in [1.54, 1.807) is 6.07 Å². The zero-order chi connectivity index (χ0) is 12.5. The van der Waals surface area contributed by atoms with Crippen molar-refractivity contribution < 1.29 is 5.11 Å². The molecule has 2 aromatic rings. The summed E-state index contributed by atoms with van der Waals surface area (Å²) in [5, 5.41) is 18.3. The van der Waals surface area contributed by atoms with E-state index in [0.717, 1.165) is 30.2 Å². The van der Waals surface area contributed by atoms with Gasteiger partial charge >= 0.3 is 0 Å².